The standard InChI is InChI=1S/C25H27N3O4/c1-27(2)21-9-5-7-19(17-21)25(29)28-13-14-30-15-16-31-22-10-3-4-11-23(22)32-24-20(18-28)8-6-12-26-24/h3-12,17H,13-16,18H2,1-2H3. The molecule has 0 atom stereocenters. The molecule has 0 saturated heterocycles. The van der Waals surface area contributed by atoms with Gasteiger partial charge in [0, 0.05) is 43.7 Å². The number of hydrogen-bond acceptors (Lipinski definition) is 6. The number of rotatable bonds is 2. The second-order valence-electron chi connectivity index (χ2n) is 7.65. The highest BCUT2D eigenvalue weighted by Crippen LogP contribution is 2.32. The maximum atomic E-state index is 13.4. The summed E-state index contributed by atoms with van der Waals surface area (Å²) in [5.41, 5.74) is 2.40. The maximum absolute atomic E-state index is 13.4. The normalized spacial score (nSPS) is 14.4. The van der Waals surface area contributed by atoms with Gasteiger partial charge in [0.05, 0.1) is 19.8 Å². The second-order valence-corrected chi connectivity index (χ2v) is 7.65. The van der Waals surface area contributed by atoms with Crippen molar-refractivity contribution in [2.75, 3.05) is 45.4 Å². The summed E-state index contributed by atoms with van der Waals surface area (Å²) in [7, 11) is 3.91. The van der Waals surface area contributed by atoms with Gasteiger partial charge in [-0.25, -0.2) is 4.98 Å². The topological polar surface area (TPSA) is 64.1 Å². The third kappa shape index (κ3) is 5.18. The Morgan fingerprint density at radius 3 is 2.66 bits per heavy atom. The van der Waals surface area contributed by atoms with Crippen molar-refractivity contribution < 1.29 is 19.0 Å². The summed E-state index contributed by atoms with van der Waals surface area (Å²) in [6.07, 6.45) is 1.68. The SMILES string of the molecule is CN(C)c1cccc(C(=O)N2CCOCCOc3ccccc3Oc3ncccc3C2)c1. The molecule has 32 heavy (non-hydrogen) atoms. The number of benzene rings is 2. The average Bonchev–Trinajstić information content (AvgIpc) is 2.83. The molecule has 0 saturated carbocycles. The number of ether oxygens (including phenoxy) is 3. The Hall–Kier alpha value is -3.58. The van der Waals surface area contributed by atoms with Crippen LogP contribution in [0.15, 0.2) is 66.9 Å². The molecule has 1 amide bonds. The Morgan fingerprint density at radius 2 is 1.81 bits per heavy atom. The molecular weight excluding hydrogens is 406 g/mol. The average molecular weight is 434 g/mol. The van der Waals surface area contributed by atoms with Gasteiger partial charge in [-0.15, -0.1) is 0 Å². The van der Waals surface area contributed by atoms with E-state index in [4.69, 9.17) is 14.2 Å². The van der Waals surface area contributed by atoms with Gasteiger partial charge in [-0.2, -0.15) is 0 Å². The van der Waals surface area contributed by atoms with Crippen LogP contribution in [0.5, 0.6) is 17.4 Å². The molecular formula is C25H27N3O4. The summed E-state index contributed by atoms with van der Waals surface area (Å²) in [5, 5.41) is 0. The van der Waals surface area contributed by atoms with E-state index in [1.54, 1.807) is 11.1 Å². The fourth-order valence-electron chi connectivity index (χ4n) is 3.44. The number of nitrogens with zero attached hydrogens (tertiary/aromatic N) is 3. The maximum Gasteiger partial charge on any atom is 0.254 e. The van der Waals surface area contributed by atoms with Crippen molar-refractivity contribution in [2.24, 2.45) is 0 Å². The molecule has 0 unspecified atom stereocenters. The summed E-state index contributed by atoms with van der Waals surface area (Å²) in [6.45, 7) is 1.99. The molecule has 4 rings (SSSR count). The van der Waals surface area contributed by atoms with E-state index in [0.717, 1.165) is 11.3 Å². The number of anilines is 1. The first-order chi connectivity index (χ1) is 15.6. The molecule has 0 aliphatic carbocycles. The fourth-order valence-corrected chi connectivity index (χ4v) is 3.44. The largest absolute Gasteiger partial charge is 0.487 e. The Balaban J connectivity index is 1.65. The van der Waals surface area contributed by atoms with Crippen LogP contribution in [-0.2, 0) is 11.3 Å². The van der Waals surface area contributed by atoms with Gasteiger partial charge in [-0.1, -0.05) is 24.3 Å². The molecule has 7 nitrogen and oxygen atoms in total. The predicted octanol–water partition coefficient (Wildman–Crippen LogP) is 3.99. The fraction of sp³-hybridized carbons (Fsp3) is 0.280. The van der Waals surface area contributed by atoms with E-state index < -0.39 is 0 Å². The molecule has 3 aromatic rings. The molecule has 166 valence electrons. The summed E-state index contributed by atoms with van der Waals surface area (Å²) < 4.78 is 17.7. The van der Waals surface area contributed by atoms with E-state index in [-0.39, 0.29) is 5.91 Å². The van der Waals surface area contributed by atoms with Crippen LogP contribution in [0, 0.1) is 0 Å². The smallest absolute Gasteiger partial charge is 0.254 e. The molecule has 0 radical (unpaired) electrons. The van der Waals surface area contributed by atoms with E-state index >= 15 is 0 Å². The predicted molar refractivity (Wildman–Crippen MR) is 123 cm³/mol. The molecule has 2 aromatic carbocycles. The van der Waals surface area contributed by atoms with E-state index in [0.29, 0.717) is 55.9 Å². The molecule has 0 spiro atoms. The number of pyridine rings is 1. The van der Waals surface area contributed by atoms with Gasteiger partial charge in [-0.05, 0) is 36.4 Å². The van der Waals surface area contributed by atoms with Crippen LogP contribution in [0.1, 0.15) is 15.9 Å². The molecule has 0 fully saturated rings. The van der Waals surface area contributed by atoms with Crippen molar-refractivity contribution in [1.29, 1.82) is 0 Å². The van der Waals surface area contributed by atoms with Gasteiger partial charge in [0.15, 0.2) is 11.5 Å². The van der Waals surface area contributed by atoms with E-state index in [9.17, 15) is 4.79 Å². The number of amides is 1. The lowest BCUT2D eigenvalue weighted by Gasteiger charge is -2.24. The molecule has 0 bridgehead atoms. The van der Waals surface area contributed by atoms with Crippen molar-refractivity contribution in [3.8, 4) is 17.4 Å². The van der Waals surface area contributed by atoms with Crippen LogP contribution in [0.3, 0.4) is 0 Å². The summed E-state index contributed by atoms with van der Waals surface area (Å²) in [4.78, 5) is 21.6. The summed E-state index contributed by atoms with van der Waals surface area (Å²) in [6, 6.07) is 18.8. The van der Waals surface area contributed by atoms with Gasteiger partial charge < -0.3 is 24.0 Å². The van der Waals surface area contributed by atoms with Crippen molar-refractivity contribution in [3.63, 3.8) is 0 Å². The first-order valence-electron chi connectivity index (χ1n) is 10.6. The summed E-state index contributed by atoms with van der Waals surface area (Å²) in [5.74, 6) is 1.57. The van der Waals surface area contributed by atoms with Crippen molar-refractivity contribution in [2.45, 2.75) is 6.54 Å². The third-order valence-corrected chi connectivity index (χ3v) is 5.15. The van der Waals surface area contributed by atoms with Gasteiger partial charge >= 0.3 is 0 Å². The van der Waals surface area contributed by atoms with Crippen LogP contribution in [-0.4, -0.2) is 56.3 Å². The highest BCUT2D eigenvalue weighted by atomic mass is 16.5. The van der Waals surface area contributed by atoms with Crippen LogP contribution >= 0.6 is 0 Å². The number of carbonyl (C=O) groups excluding carboxylic acids is 1. The highest BCUT2D eigenvalue weighted by Gasteiger charge is 2.20. The first kappa shape index (κ1) is 21.6. The molecule has 0 N–H and O–H groups in total. The van der Waals surface area contributed by atoms with Crippen molar-refractivity contribution in [3.05, 3.63) is 78.0 Å². The minimum Gasteiger partial charge on any atom is -0.487 e. The monoisotopic (exact) mass is 433 g/mol. The zero-order valence-corrected chi connectivity index (χ0v) is 18.4. The minimum absolute atomic E-state index is 0.0707. The van der Waals surface area contributed by atoms with E-state index in [2.05, 4.69) is 4.98 Å². The first-order valence-corrected chi connectivity index (χ1v) is 10.6. The Morgan fingerprint density at radius 1 is 0.969 bits per heavy atom. The lowest BCUT2D eigenvalue weighted by Crippen LogP contribution is -2.34. The van der Waals surface area contributed by atoms with Crippen LogP contribution < -0.4 is 14.4 Å². The zero-order valence-electron chi connectivity index (χ0n) is 18.4. The van der Waals surface area contributed by atoms with Crippen LogP contribution in [0.2, 0.25) is 0 Å². The van der Waals surface area contributed by atoms with Crippen LogP contribution in [0.25, 0.3) is 0 Å². The third-order valence-electron chi connectivity index (χ3n) is 5.15. The number of hydrogen-bond donors (Lipinski definition) is 0. The van der Waals surface area contributed by atoms with E-state index in [1.807, 2.05) is 79.7 Å². The summed E-state index contributed by atoms with van der Waals surface area (Å²) >= 11 is 0. The minimum atomic E-state index is -0.0707. The Kier molecular flexibility index (Phi) is 6.87. The van der Waals surface area contributed by atoms with Crippen LogP contribution in [0.4, 0.5) is 5.69 Å². The lowest BCUT2D eigenvalue weighted by molar-refractivity contribution is 0.0573. The van der Waals surface area contributed by atoms with Gasteiger partial charge in [0.25, 0.3) is 5.91 Å². The van der Waals surface area contributed by atoms with Gasteiger partial charge in [0.1, 0.15) is 6.61 Å². The number of aromatic nitrogens is 1. The quantitative estimate of drug-likeness (QED) is 0.609. The second kappa shape index (κ2) is 10.2. The molecule has 2 heterocycles. The molecule has 1 aliphatic heterocycles. The van der Waals surface area contributed by atoms with Crippen molar-refractivity contribution >= 4 is 11.6 Å². The molecule has 1 aliphatic rings. The van der Waals surface area contributed by atoms with Gasteiger partial charge in [-0.3, -0.25) is 4.79 Å². The van der Waals surface area contributed by atoms with E-state index in [1.165, 1.54) is 0 Å². The molecule has 7 heteroatoms. The number of para-hydroxylation sites is 2. The number of fused-ring (bicyclic) bond motifs is 2. The highest BCUT2D eigenvalue weighted by molar-refractivity contribution is 5.95. The van der Waals surface area contributed by atoms with Gasteiger partial charge in [0.2, 0.25) is 5.88 Å². The zero-order chi connectivity index (χ0) is 22.3. The Labute approximate surface area is 188 Å². The molecule has 1 aromatic heterocycles. The lowest BCUT2D eigenvalue weighted by atomic mass is 10.1. The van der Waals surface area contributed by atoms with Crippen molar-refractivity contribution in [1.82, 2.24) is 9.88 Å². The Bertz CT molecular complexity index is 1070. The number of carbonyl (C=O) groups is 1.